The third kappa shape index (κ3) is 3.45. The van der Waals surface area contributed by atoms with E-state index in [9.17, 15) is 0 Å². The van der Waals surface area contributed by atoms with Crippen LogP contribution in [0.15, 0.2) is 18.2 Å². The van der Waals surface area contributed by atoms with Crippen LogP contribution < -0.4 is 15.2 Å². The van der Waals surface area contributed by atoms with Gasteiger partial charge in [-0.05, 0) is 48.8 Å². The molecule has 1 saturated carbocycles. The first kappa shape index (κ1) is 15.2. The molecule has 1 aliphatic carbocycles. The van der Waals surface area contributed by atoms with Crippen LogP contribution in [0.1, 0.15) is 50.5 Å². The summed E-state index contributed by atoms with van der Waals surface area (Å²) in [5.74, 6) is 2.93. The summed E-state index contributed by atoms with van der Waals surface area (Å²) in [6, 6.07) is 6.39. The number of benzene rings is 1. The van der Waals surface area contributed by atoms with Crippen LogP contribution in [0, 0.1) is 5.92 Å². The first-order valence-corrected chi connectivity index (χ1v) is 7.66. The van der Waals surface area contributed by atoms with E-state index in [1.54, 1.807) is 14.2 Å². The fraction of sp³-hybridized carbons (Fsp3) is 0.647. The minimum atomic E-state index is 0.250. The molecule has 0 aromatic heterocycles. The van der Waals surface area contributed by atoms with E-state index in [1.807, 2.05) is 6.07 Å². The van der Waals surface area contributed by atoms with Crippen molar-refractivity contribution in [1.82, 2.24) is 0 Å². The van der Waals surface area contributed by atoms with Gasteiger partial charge in [0.2, 0.25) is 0 Å². The Kier molecular flexibility index (Phi) is 5.30. The van der Waals surface area contributed by atoms with Gasteiger partial charge in [-0.1, -0.05) is 19.8 Å². The van der Waals surface area contributed by atoms with Crippen LogP contribution >= 0.6 is 0 Å². The molecule has 0 bridgehead atoms. The first-order valence-electron chi connectivity index (χ1n) is 7.66. The van der Waals surface area contributed by atoms with Crippen molar-refractivity contribution in [3.8, 4) is 11.5 Å². The number of hydrogen-bond acceptors (Lipinski definition) is 3. The predicted octanol–water partition coefficient (Wildman–Crippen LogP) is 3.71. The van der Waals surface area contributed by atoms with E-state index in [4.69, 9.17) is 15.2 Å². The average Bonchev–Trinajstić information content (AvgIpc) is 2.48. The molecule has 3 atom stereocenters. The standard InChI is InChI=1S/C17H27NO2/c1-4-5-12-6-7-17(18)16(8-12)13-9-14(19-2)11-15(10-13)20-3/h9-12,16-17H,4-8,18H2,1-3H3. The molecule has 2 rings (SSSR count). The fourth-order valence-corrected chi connectivity index (χ4v) is 3.38. The smallest absolute Gasteiger partial charge is 0.122 e. The van der Waals surface area contributed by atoms with Gasteiger partial charge in [-0.25, -0.2) is 0 Å². The highest BCUT2D eigenvalue weighted by atomic mass is 16.5. The third-order valence-electron chi connectivity index (χ3n) is 4.51. The first-order chi connectivity index (χ1) is 9.67. The van der Waals surface area contributed by atoms with Gasteiger partial charge in [0.05, 0.1) is 14.2 Å². The molecule has 0 radical (unpaired) electrons. The molecule has 112 valence electrons. The molecule has 1 aromatic carbocycles. The molecule has 2 N–H and O–H groups in total. The predicted molar refractivity (Wildman–Crippen MR) is 82.5 cm³/mol. The number of nitrogens with two attached hydrogens (primary N) is 1. The minimum Gasteiger partial charge on any atom is -0.497 e. The van der Waals surface area contributed by atoms with E-state index in [-0.39, 0.29) is 6.04 Å². The lowest BCUT2D eigenvalue weighted by Gasteiger charge is -2.34. The van der Waals surface area contributed by atoms with Crippen molar-refractivity contribution in [3.05, 3.63) is 23.8 Å². The molecule has 1 fully saturated rings. The van der Waals surface area contributed by atoms with Gasteiger partial charge in [0.15, 0.2) is 0 Å². The maximum absolute atomic E-state index is 6.37. The normalized spacial score (nSPS) is 26.3. The molecule has 3 heteroatoms. The van der Waals surface area contributed by atoms with Crippen LogP contribution in [0.3, 0.4) is 0 Å². The van der Waals surface area contributed by atoms with Gasteiger partial charge in [0, 0.05) is 12.1 Å². The van der Waals surface area contributed by atoms with Gasteiger partial charge in [-0.2, -0.15) is 0 Å². The Morgan fingerprint density at radius 3 is 2.30 bits per heavy atom. The van der Waals surface area contributed by atoms with Crippen LogP contribution in [0.4, 0.5) is 0 Å². The summed E-state index contributed by atoms with van der Waals surface area (Å²) in [4.78, 5) is 0. The molecule has 0 amide bonds. The molecule has 0 saturated heterocycles. The Labute approximate surface area is 122 Å². The van der Waals surface area contributed by atoms with Crippen LogP contribution in [-0.4, -0.2) is 20.3 Å². The Hall–Kier alpha value is -1.22. The zero-order valence-corrected chi connectivity index (χ0v) is 12.9. The van der Waals surface area contributed by atoms with E-state index >= 15 is 0 Å². The molecule has 0 spiro atoms. The fourth-order valence-electron chi connectivity index (χ4n) is 3.38. The topological polar surface area (TPSA) is 44.5 Å². The molecule has 3 nitrogen and oxygen atoms in total. The SMILES string of the molecule is CCCC1CCC(N)C(c2cc(OC)cc(OC)c2)C1. The molecule has 0 aliphatic heterocycles. The number of rotatable bonds is 5. The molecule has 20 heavy (non-hydrogen) atoms. The van der Waals surface area contributed by atoms with Crippen molar-refractivity contribution < 1.29 is 9.47 Å². The van der Waals surface area contributed by atoms with Crippen LogP contribution in [0.5, 0.6) is 11.5 Å². The highest BCUT2D eigenvalue weighted by Crippen LogP contribution is 2.39. The molecule has 3 unspecified atom stereocenters. The van der Waals surface area contributed by atoms with Gasteiger partial charge in [0.1, 0.15) is 11.5 Å². The van der Waals surface area contributed by atoms with Crippen molar-refractivity contribution >= 4 is 0 Å². The van der Waals surface area contributed by atoms with E-state index in [1.165, 1.54) is 31.2 Å². The highest BCUT2D eigenvalue weighted by Gasteiger charge is 2.29. The van der Waals surface area contributed by atoms with Crippen LogP contribution in [0.25, 0.3) is 0 Å². The Bertz CT molecular complexity index is 411. The van der Waals surface area contributed by atoms with E-state index in [0.717, 1.165) is 23.8 Å². The molecule has 1 aliphatic rings. The van der Waals surface area contributed by atoms with Crippen molar-refractivity contribution in [3.63, 3.8) is 0 Å². The van der Waals surface area contributed by atoms with Crippen molar-refractivity contribution in [1.29, 1.82) is 0 Å². The molecular formula is C17H27NO2. The van der Waals surface area contributed by atoms with Gasteiger partial charge in [-0.15, -0.1) is 0 Å². The Morgan fingerprint density at radius 2 is 1.75 bits per heavy atom. The lowest BCUT2D eigenvalue weighted by Crippen LogP contribution is -2.34. The van der Waals surface area contributed by atoms with E-state index in [0.29, 0.717) is 5.92 Å². The summed E-state index contributed by atoms with van der Waals surface area (Å²) in [5, 5.41) is 0. The summed E-state index contributed by atoms with van der Waals surface area (Å²) < 4.78 is 10.8. The van der Waals surface area contributed by atoms with E-state index in [2.05, 4.69) is 19.1 Å². The second kappa shape index (κ2) is 6.98. The summed E-state index contributed by atoms with van der Waals surface area (Å²) in [6.45, 7) is 2.26. The van der Waals surface area contributed by atoms with Crippen molar-refractivity contribution in [2.24, 2.45) is 11.7 Å². The van der Waals surface area contributed by atoms with Crippen LogP contribution in [-0.2, 0) is 0 Å². The zero-order valence-electron chi connectivity index (χ0n) is 12.9. The zero-order chi connectivity index (χ0) is 14.5. The number of ether oxygens (including phenoxy) is 2. The summed E-state index contributed by atoms with van der Waals surface area (Å²) in [5.41, 5.74) is 7.63. The van der Waals surface area contributed by atoms with Gasteiger partial charge in [0.25, 0.3) is 0 Å². The van der Waals surface area contributed by atoms with Gasteiger partial charge in [-0.3, -0.25) is 0 Å². The summed E-state index contributed by atoms with van der Waals surface area (Å²) in [7, 11) is 3.39. The average molecular weight is 277 g/mol. The van der Waals surface area contributed by atoms with Gasteiger partial charge < -0.3 is 15.2 Å². The Morgan fingerprint density at radius 1 is 1.10 bits per heavy atom. The summed E-state index contributed by atoms with van der Waals surface area (Å²) in [6.07, 6.45) is 6.14. The van der Waals surface area contributed by atoms with Gasteiger partial charge >= 0.3 is 0 Å². The molecule has 1 aromatic rings. The third-order valence-corrected chi connectivity index (χ3v) is 4.51. The monoisotopic (exact) mass is 277 g/mol. The lowest BCUT2D eigenvalue weighted by atomic mass is 9.73. The number of hydrogen-bond donors (Lipinski definition) is 1. The second-order valence-corrected chi connectivity index (χ2v) is 5.88. The quantitative estimate of drug-likeness (QED) is 0.892. The number of methoxy groups -OCH3 is 2. The van der Waals surface area contributed by atoms with E-state index < -0.39 is 0 Å². The van der Waals surface area contributed by atoms with Crippen molar-refractivity contribution in [2.45, 2.75) is 51.0 Å². The van der Waals surface area contributed by atoms with Crippen LogP contribution in [0.2, 0.25) is 0 Å². The summed E-state index contributed by atoms with van der Waals surface area (Å²) >= 11 is 0. The Balaban J connectivity index is 2.23. The highest BCUT2D eigenvalue weighted by molar-refractivity contribution is 5.40. The molecular weight excluding hydrogens is 250 g/mol. The maximum atomic E-state index is 6.37. The maximum Gasteiger partial charge on any atom is 0.122 e. The lowest BCUT2D eigenvalue weighted by molar-refractivity contribution is 0.273. The van der Waals surface area contributed by atoms with Crippen molar-refractivity contribution in [2.75, 3.05) is 14.2 Å². The second-order valence-electron chi connectivity index (χ2n) is 5.88. The molecule has 0 heterocycles. The largest absolute Gasteiger partial charge is 0.497 e. The minimum absolute atomic E-state index is 0.250.